The molecule has 0 aromatic rings. The number of nitrogens with zero attached hydrogens (tertiary/aromatic N) is 1. The molecule has 2 saturated heterocycles. The lowest BCUT2D eigenvalue weighted by Crippen LogP contribution is -2.56. The zero-order chi connectivity index (χ0) is 10.5. The van der Waals surface area contributed by atoms with Crippen LogP contribution < -0.4 is 11.2 Å². The summed E-state index contributed by atoms with van der Waals surface area (Å²) in [6.45, 7) is 4.98. The molecule has 15 heavy (non-hydrogen) atoms. The first kappa shape index (κ1) is 11.3. The van der Waals surface area contributed by atoms with Crippen LogP contribution in [0.2, 0.25) is 0 Å². The molecule has 0 spiro atoms. The normalized spacial score (nSPS) is 30.6. The summed E-state index contributed by atoms with van der Waals surface area (Å²) in [4.78, 5) is 0. The van der Waals surface area contributed by atoms with Crippen LogP contribution in [0.1, 0.15) is 12.8 Å². The predicted molar refractivity (Wildman–Crippen MR) is 57.3 cm³/mol. The van der Waals surface area contributed by atoms with Gasteiger partial charge in [-0.25, -0.2) is 10.4 Å². The molecule has 2 atom stereocenters. The molecule has 0 aromatic heterocycles. The van der Waals surface area contributed by atoms with Crippen molar-refractivity contribution in [2.45, 2.75) is 25.0 Å². The van der Waals surface area contributed by atoms with Gasteiger partial charge in [0.1, 0.15) is 0 Å². The smallest absolute Gasteiger partial charge is 0.0754 e. The van der Waals surface area contributed by atoms with E-state index in [4.69, 9.17) is 15.2 Å². The summed E-state index contributed by atoms with van der Waals surface area (Å²) in [5, 5.41) is 2.20. The number of hydrazine groups is 1. The molecule has 2 aliphatic rings. The van der Waals surface area contributed by atoms with Gasteiger partial charge in [-0.15, -0.1) is 0 Å². The van der Waals surface area contributed by atoms with Gasteiger partial charge in [-0.1, -0.05) is 0 Å². The fourth-order valence-electron chi connectivity index (χ4n) is 2.13. The monoisotopic (exact) mass is 215 g/mol. The number of morpholine rings is 1. The van der Waals surface area contributed by atoms with Crippen LogP contribution in [0.5, 0.6) is 0 Å². The Kier molecular flexibility index (Phi) is 4.34. The van der Waals surface area contributed by atoms with E-state index in [-0.39, 0.29) is 12.1 Å². The molecule has 88 valence electrons. The van der Waals surface area contributed by atoms with Gasteiger partial charge in [-0.3, -0.25) is 0 Å². The fraction of sp³-hybridized carbons (Fsp3) is 1.00. The van der Waals surface area contributed by atoms with E-state index in [2.05, 4.69) is 10.4 Å². The topological polar surface area (TPSA) is 59.8 Å². The Morgan fingerprint density at radius 1 is 1.33 bits per heavy atom. The highest BCUT2D eigenvalue weighted by Gasteiger charge is 2.26. The second kappa shape index (κ2) is 5.77. The van der Waals surface area contributed by atoms with Crippen molar-refractivity contribution in [3.8, 4) is 0 Å². The first-order chi connectivity index (χ1) is 7.40. The van der Waals surface area contributed by atoms with E-state index in [9.17, 15) is 0 Å². The minimum absolute atomic E-state index is 0.255. The minimum atomic E-state index is 0.255. The van der Waals surface area contributed by atoms with Crippen molar-refractivity contribution in [2.24, 2.45) is 5.73 Å². The molecule has 0 saturated carbocycles. The number of nitrogens with one attached hydrogen (secondary N) is 1. The van der Waals surface area contributed by atoms with Crippen molar-refractivity contribution in [1.82, 2.24) is 10.4 Å². The maximum absolute atomic E-state index is 5.77. The lowest BCUT2D eigenvalue weighted by atomic mass is 10.1. The van der Waals surface area contributed by atoms with Gasteiger partial charge in [-0.2, -0.15) is 0 Å². The average molecular weight is 215 g/mol. The quantitative estimate of drug-likeness (QED) is 0.651. The van der Waals surface area contributed by atoms with Gasteiger partial charge in [0, 0.05) is 26.2 Å². The van der Waals surface area contributed by atoms with Crippen molar-refractivity contribution in [1.29, 1.82) is 0 Å². The molecule has 0 aliphatic carbocycles. The van der Waals surface area contributed by atoms with Crippen LogP contribution >= 0.6 is 0 Å². The highest BCUT2D eigenvalue weighted by molar-refractivity contribution is 4.80. The van der Waals surface area contributed by atoms with E-state index in [1.165, 1.54) is 0 Å². The van der Waals surface area contributed by atoms with E-state index >= 15 is 0 Å². The maximum atomic E-state index is 5.77. The van der Waals surface area contributed by atoms with Crippen molar-refractivity contribution < 1.29 is 9.47 Å². The molecule has 5 heteroatoms. The van der Waals surface area contributed by atoms with Gasteiger partial charge in [0.05, 0.1) is 25.4 Å². The molecule has 2 aliphatic heterocycles. The second-order valence-corrected chi connectivity index (χ2v) is 4.12. The Labute approximate surface area is 90.9 Å². The van der Waals surface area contributed by atoms with Crippen molar-refractivity contribution in [2.75, 3.05) is 39.5 Å². The lowest BCUT2D eigenvalue weighted by molar-refractivity contribution is -0.0168. The molecule has 0 aromatic carbocycles. The third-order valence-corrected chi connectivity index (χ3v) is 3.03. The minimum Gasteiger partial charge on any atom is -0.379 e. The molecule has 0 radical (unpaired) electrons. The Morgan fingerprint density at radius 2 is 2.13 bits per heavy atom. The summed E-state index contributed by atoms with van der Waals surface area (Å²) in [5.41, 5.74) is 9.22. The van der Waals surface area contributed by atoms with Crippen LogP contribution in [0.3, 0.4) is 0 Å². The van der Waals surface area contributed by atoms with Crippen LogP contribution in [0.15, 0.2) is 0 Å². The zero-order valence-corrected chi connectivity index (χ0v) is 9.15. The number of ether oxygens (including phenoxy) is 2. The SMILES string of the molecule is NCC(NN1CCOCC1)C1CCCO1. The van der Waals surface area contributed by atoms with E-state index in [0.717, 1.165) is 45.8 Å². The number of hydrogen-bond donors (Lipinski definition) is 2. The van der Waals surface area contributed by atoms with Crippen LogP contribution in [-0.4, -0.2) is 56.6 Å². The Hall–Kier alpha value is -0.200. The van der Waals surface area contributed by atoms with Gasteiger partial charge in [0.25, 0.3) is 0 Å². The molecule has 0 amide bonds. The summed E-state index contributed by atoms with van der Waals surface area (Å²) < 4.78 is 10.9. The molecular formula is C10H21N3O2. The number of hydrogen-bond acceptors (Lipinski definition) is 5. The summed E-state index contributed by atoms with van der Waals surface area (Å²) in [6, 6.07) is 0.255. The molecular weight excluding hydrogens is 194 g/mol. The Bertz CT molecular complexity index is 180. The van der Waals surface area contributed by atoms with Crippen LogP contribution in [0, 0.1) is 0 Å². The van der Waals surface area contributed by atoms with Crippen LogP contribution in [0.4, 0.5) is 0 Å². The van der Waals surface area contributed by atoms with Crippen molar-refractivity contribution >= 4 is 0 Å². The van der Waals surface area contributed by atoms with Gasteiger partial charge in [-0.05, 0) is 12.8 Å². The Morgan fingerprint density at radius 3 is 2.73 bits per heavy atom. The second-order valence-electron chi connectivity index (χ2n) is 4.12. The first-order valence-electron chi connectivity index (χ1n) is 5.80. The molecule has 2 fully saturated rings. The standard InChI is InChI=1S/C10H21N3O2/c11-8-9(10-2-1-5-15-10)12-13-3-6-14-7-4-13/h9-10,12H,1-8,11H2. The molecule has 3 N–H and O–H groups in total. The van der Waals surface area contributed by atoms with E-state index in [1.54, 1.807) is 0 Å². The van der Waals surface area contributed by atoms with Gasteiger partial charge in [0.2, 0.25) is 0 Å². The van der Waals surface area contributed by atoms with Gasteiger partial charge >= 0.3 is 0 Å². The van der Waals surface area contributed by atoms with Crippen molar-refractivity contribution in [3.05, 3.63) is 0 Å². The Balaban J connectivity index is 1.78. The van der Waals surface area contributed by atoms with E-state index in [1.807, 2.05) is 0 Å². The molecule has 5 nitrogen and oxygen atoms in total. The fourth-order valence-corrected chi connectivity index (χ4v) is 2.13. The largest absolute Gasteiger partial charge is 0.379 e. The van der Waals surface area contributed by atoms with Gasteiger partial charge in [0.15, 0.2) is 0 Å². The maximum Gasteiger partial charge on any atom is 0.0754 e. The lowest BCUT2D eigenvalue weighted by Gasteiger charge is -2.33. The summed E-state index contributed by atoms with van der Waals surface area (Å²) in [5.74, 6) is 0. The summed E-state index contributed by atoms with van der Waals surface area (Å²) >= 11 is 0. The summed E-state index contributed by atoms with van der Waals surface area (Å²) in [6.07, 6.45) is 2.57. The third-order valence-electron chi connectivity index (χ3n) is 3.03. The van der Waals surface area contributed by atoms with Crippen LogP contribution in [0.25, 0.3) is 0 Å². The molecule has 2 rings (SSSR count). The predicted octanol–water partition coefficient (Wildman–Crippen LogP) is -0.670. The van der Waals surface area contributed by atoms with Crippen molar-refractivity contribution in [3.63, 3.8) is 0 Å². The number of rotatable bonds is 4. The zero-order valence-electron chi connectivity index (χ0n) is 9.15. The highest BCUT2D eigenvalue weighted by atomic mass is 16.5. The third kappa shape index (κ3) is 3.12. The van der Waals surface area contributed by atoms with E-state index < -0.39 is 0 Å². The molecule has 2 unspecified atom stereocenters. The highest BCUT2D eigenvalue weighted by Crippen LogP contribution is 2.15. The van der Waals surface area contributed by atoms with Gasteiger partial charge < -0.3 is 15.2 Å². The number of nitrogens with two attached hydrogens (primary N) is 1. The average Bonchev–Trinajstić information content (AvgIpc) is 2.81. The molecule has 2 heterocycles. The van der Waals surface area contributed by atoms with E-state index in [0.29, 0.717) is 6.54 Å². The molecule has 0 bridgehead atoms. The first-order valence-corrected chi connectivity index (χ1v) is 5.80. The summed E-state index contributed by atoms with van der Waals surface area (Å²) in [7, 11) is 0. The van der Waals surface area contributed by atoms with Crippen LogP contribution in [-0.2, 0) is 9.47 Å².